The van der Waals surface area contributed by atoms with Gasteiger partial charge in [-0.15, -0.1) is 0 Å². The Morgan fingerprint density at radius 2 is 1.65 bits per heavy atom. The Bertz CT molecular complexity index is 288. The van der Waals surface area contributed by atoms with Gasteiger partial charge in [-0.3, -0.25) is 4.90 Å². The molecule has 20 heavy (non-hydrogen) atoms. The minimum Gasteiger partial charge on any atom is -0.329 e. The lowest BCUT2D eigenvalue weighted by Gasteiger charge is -2.47. The third kappa shape index (κ3) is 3.39. The Kier molecular flexibility index (Phi) is 5.53. The molecule has 2 N–H and O–H groups in total. The lowest BCUT2D eigenvalue weighted by molar-refractivity contribution is 0.0339. The molecule has 2 rings (SSSR count). The molecule has 2 saturated carbocycles. The van der Waals surface area contributed by atoms with Gasteiger partial charge in [0, 0.05) is 12.1 Å². The quantitative estimate of drug-likeness (QED) is 0.730. The Hall–Kier alpha value is -0.0800. The van der Waals surface area contributed by atoms with Gasteiger partial charge in [0.15, 0.2) is 0 Å². The largest absolute Gasteiger partial charge is 0.329 e. The monoisotopic (exact) mass is 280 g/mol. The van der Waals surface area contributed by atoms with Gasteiger partial charge in [-0.1, -0.05) is 34.1 Å². The van der Waals surface area contributed by atoms with E-state index in [1.54, 1.807) is 0 Å². The lowest BCUT2D eigenvalue weighted by atomic mass is 9.79. The molecule has 2 nitrogen and oxygen atoms in total. The van der Waals surface area contributed by atoms with Crippen molar-refractivity contribution in [1.29, 1.82) is 0 Å². The van der Waals surface area contributed by atoms with Gasteiger partial charge < -0.3 is 5.73 Å². The minimum absolute atomic E-state index is 0.354. The van der Waals surface area contributed by atoms with Crippen LogP contribution in [0.5, 0.6) is 0 Å². The van der Waals surface area contributed by atoms with E-state index in [4.69, 9.17) is 5.73 Å². The summed E-state index contributed by atoms with van der Waals surface area (Å²) in [7, 11) is 0. The molecule has 2 fully saturated rings. The Morgan fingerprint density at radius 1 is 1.05 bits per heavy atom. The molecule has 0 aromatic rings. The van der Waals surface area contributed by atoms with Gasteiger partial charge in [0.1, 0.15) is 0 Å². The van der Waals surface area contributed by atoms with Gasteiger partial charge in [0.25, 0.3) is 0 Å². The Morgan fingerprint density at radius 3 is 2.00 bits per heavy atom. The second-order valence-electron chi connectivity index (χ2n) is 8.24. The van der Waals surface area contributed by atoms with E-state index in [2.05, 4.69) is 32.6 Å². The molecule has 0 aromatic heterocycles. The van der Waals surface area contributed by atoms with Gasteiger partial charge in [0.2, 0.25) is 0 Å². The fourth-order valence-electron chi connectivity index (χ4n) is 4.57. The second kappa shape index (κ2) is 6.79. The van der Waals surface area contributed by atoms with Crippen LogP contribution in [-0.4, -0.2) is 30.1 Å². The first kappa shape index (κ1) is 16.3. The molecule has 2 heteroatoms. The number of hydrogen-bond acceptors (Lipinski definition) is 2. The van der Waals surface area contributed by atoms with Gasteiger partial charge in [-0.05, 0) is 68.9 Å². The van der Waals surface area contributed by atoms with E-state index in [-0.39, 0.29) is 0 Å². The van der Waals surface area contributed by atoms with E-state index >= 15 is 0 Å². The second-order valence-corrected chi connectivity index (χ2v) is 8.24. The van der Waals surface area contributed by atoms with Crippen LogP contribution >= 0.6 is 0 Å². The number of nitrogens with two attached hydrogens (primary N) is 1. The van der Waals surface area contributed by atoms with Crippen molar-refractivity contribution >= 4 is 0 Å². The van der Waals surface area contributed by atoms with Gasteiger partial charge in [-0.2, -0.15) is 0 Å². The molecule has 0 amide bonds. The van der Waals surface area contributed by atoms with E-state index in [0.29, 0.717) is 5.54 Å². The summed E-state index contributed by atoms with van der Waals surface area (Å²) in [6, 6.07) is 0. The standard InChI is InChI=1S/C18H36N2/c1-14(2)7-9-20(10-8-15(3)4)18(13-19)12-16-5-6-17(18)11-16/h14-17H,5-13,19H2,1-4H3. The van der Waals surface area contributed by atoms with Crippen LogP contribution in [0.2, 0.25) is 0 Å². The predicted octanol–water partition coefficient (Wildman–Crippen LogP) is 3.90. The van der Waals surface area contributed by atoms with Crippen molar-refractivity contribution in [2.24, 2.45) is 29.4 Å². The summed E-state index contributed by atoms with van der Waals surface area (Å²) in [6.45, 7) is 12.8. The summed E-state index contributed by atoms with van der Waals surface area (Å²) in [4.78, 5) is 2.82. The van der Waals surface area contributed by atoms with Crippen molar-refractivity contribution in [1.82, 2.24) is 4.90 Å². The first-order valence-corrected chi connectivity index (χ1v) is 8.93. The zero-order valence-electron chi connectivity index (χ0n) is 14.2. The molecule has 0 saturated heterocycles. The van der Waals surface area contributed by atoms with E-state index < -0.39 is 0 Å². The lowest BCUT2D eigenvalue weighted by Crippen LogP contribution is -2.58. The number of hydrogen-bond donors (Lipinski definition) is 1. The highest BCUT2D eigenvalue weighted by Crippen LogP contribution is 2.53. The molecule has 2 aliphatic rings. The van der Waals surface area contributed by atoms with Crippen LogP contribution in [0.25, 0.3) is 0 Å². The van der Waals surface area contributed by atoms with Crippen molar-refractivity contribution in [3.8, 4) is 0 Å². The summed E-state index contributed by atoms with van der Waals surface area (Å²) in [5.41, 5.74) is 6.68. The van der Waals surface area contributed by atoms with Crippen LogP contribution in [0.15, 0.2) is 0 Å². The summed E-state index contributed by atoms with van der Waals surface area (Å²) >= 11 is 0. The molecule has 2 bridgehead atoms. The summed E-state index contributed by atoms with van der Waals surface area (Å²) < 4.78 is 0. The van der Waals surface area contributed by atoms with Crippen LogP contribution in [0, 0.1) is 23.7 Å². The summed E-state index contributed by atoms with van der Waals surface area (Å²) in [6.07, 6.45) is 8.37. The van der Waals surface area contributed by atoms with Crippen LogP contribution in [-0.2, 0) is 0 Å². The zero-order chi connectivity index (χ0) is 14.8. The molecular weight excluding hydrogens is 244 g/mol. The normalized spacial score (nSPS) is 33.0. The van der Waals surface area contributed by atoms with Crippen molar-refractivity contribution in [3.63, 3.8) is 0 Å². The molecule has 0 aromatic carbocycles. The van der Waals surface area contributed by atoms with Gasteiger partial charge >= 0.3 is 0 Å². The van der Waals surface area contributed by atoms with Crippen LogP contribution in [0.4, 0.5) is 0 Å². The third-order valence-electron chi connectivity index (χ3n) is 5.88. The van der Waals surface area contributed by atoms with Gasteiger partial charge in [0.05, 0.1) is 0 Å². The van der Waals surface area contributed by atoms with Crippen molar-refractivity contribution < 1.29 is 0 Å². The zero-order valence-corrected chi connectivity index (χ0v) is 14.2. The number of fused-ring (bicyclic) bond motifs is 2. The smallest absolute Gasteiger partial charge is 0.0362 e. The number of nitrogens with zero attached hydrogens (tertiary/aromatic N) is 1. The molecule has 0 radical (unpaired) electrons. The van der Waals surface area contributed by atoms with Gasteiger partial charge in [-0.25, -0.2) is 0 Å². The SMILES string of the molecule is CC(C)CCN(CCC(C)C)C1(CN)CC2CCC1C2. The number of rotatable bonds is 8. The first-order valence-electron chi connectivity index (χ1n) is 8.93. The summed E-state index contributed by atoms with van der Waals surface area (Å²) in [5, 5.41) is 0. The van der Waals surface area contributed by atoms with E-state index in [1.165, 1.54) is 51.6 Å². The van der Waals surface area contributed by atoms with E-state index in [0.717, 1.165) is 30.2 Å². The topological polar surface area (TPSA) is 29.3 Å². The highest BCUT2D eigenvalue weighted by atomic mass is 15.2. The third-order valence-corrected chi connectivity index (χ3v) is 5.88. The van der Waals surface area contributed by atoms with Crippen LogP contribution < -0.4 is 5.73 Å². The maximum absolute atomic E-state index is 6.33. The maximum atomic E-state index is 6.33. The highest BCUT2D eigenvalue weighted by Gasteiger charge is 2.52. The first-order chi connectivity index (χ1) is 9.48. The molecule has 2 aliphatic carbocycles. The fraction of sp³-hybridized carbons (Fsp3) is 1.00. The molecule has 0 aliphatic heterocycles. The van der Waals surface area contributed by atoms with E-state index in [1.807, 2.05) is 0 Å². The molecule has 0 heterocycles. The Labute approximate surface area is 126 Å². The molecule has 118 valence electrons. The molecular formula is C18H36N2. The minimum atomic E-state index is 0.354. The fourth-order valence-corrected chi connectivity index (χ4v) is 4.57. The van der Waals surface area contributed by atoms with Crippen molar-refractivity contribution in [2.75, 3.05) is 19.6 Å². The molecule has 3 unspecified atom stereocenters. The Balaban J connectivity index is 2.06. The molecule has 3 atom stereocenters. The highest BCUT2D eigenvalue weighted by molar-refractivity contribution is 5.08. The maximum Gasteiger partial charge on any atom is 0.0362 e. The molecule has 0 spiro atoms. The van der Waals surface area contributed by atoms with Crippen molar-refractivity contribution in [3.05, 3.63) is 0 Å². The van der Waals surface area contributed by atoms with Crippen molar-refractivity contribution in [2.45, 2.75) is 71.8 Å². The predicted molar refractivity (Wildman–Crippen MR) is 87.7 cm³/mol. The average molecular weight is 280 g/mol. The summed E-state index contributed by atoms with van der Waals surface area (Å²) in [5.74, 6) is 3.45. The van der Waals surface area contributed by atoms with Crippen LogP contribution in [0.1, 0.15) is 66.2 Å². The van der Waals surface area contributed by atoms with E-state index in [9.17, 15) is 0 Å². The van der Waals surface area contributed by atoms with Crippen LogP contribution in [0.3, 0.4) is 0 Å². The average Bonchev–Trinajstić information content (AvgIpc) is 2.98.